The van der Waals surface area contributed by atoms with E-state index in [1.54, 1.807) is 0 Å². The molecule has 0 aliphatic carbocycles. The highest BCUT2D eigenvalue weighted by atomic mass is 32.1. The maximum Gasteiger partial charge on any atom is 0.269 e. The van der Waals surface area contributed by atoms with Crippen LogP contribution in [0.1, 0.15) is 17.5 Å². The summed E-state index contributed by atoms with van der Waals surface area (Å²) in [6.45, 7) is 1.35. The second-order valence-electron chi connectivity index (χ2n) is 4.50. The van der Waals surface area contributed by atoms with Gasteiger partial charge in [-0.15, -0.1) is 10.2 Å². The van der Waals surface area contributed by atoms with Crippen molar-refractivity contribution >= 4 is 40.2 Å². The Kier molecular flexibility index (Phi) is 5.63. The molecule has 124 valence electrons. The topological polar surface area (TPSA) is 139 Å². The predicted octanol–water partition coefficient (Wildman–Crippen LogP) is 1.10. The van der Waals surface area contributed by atoms with E-state index in [2.05, 4.69) is 26.0 Å². The van der Waals surface area contributed by atoms with Crippen LogP contribution >= 0.6 is 11.3 Å². The van der Waals surface area contributed by atoms with Gasteiger partial charge in [-0.3, -0.25) is 19.7 Å². The van der Waals surface area contributed by atoms with E-state index in [9.17, 15) is 19.7 Å². The van der Waals surface area contributed by atoms with Gasteiger partial charge in [-0.05, 0) is 17.7 Å². The highest BCUT2D eigenvalue weighted by Gasteiger charge is 2.09. The van der Waals surface area contributed by atoms with Crippen molar-refractivity contribution in [2.75, 3.05) is 5.32 Å². The third kappa shape index (κ3) is 5.21. The van der Waals surface area contributed by atoms with Crippen LogP contribution in [0, 0.1) is 10.1 Å². The maximum atomic E-state index is 11.7. The zero-order valence-corrected chi connectivity index (χ0v) is 13.2. The van der Waals surface area contributed by atoms with Crippen molar-refractivity contribution in [2.45, 2.75) is 13.3 Å². The Hall–Kier alpha value is -3.21. The molecule has 2 N–H and O–H groups in total. The molecule has 1 aromatic carbocycles. The minimum atomic E-state index is -0.500. The van der Waals surface area contributed by atoms with Gasteiger partial charge in [-0.1, -0.05) is 11.3 Å². The highest BCUT2D eigenvalue weighted by Crippen LogP contribution is 2.15. The third-order valence-corrected chi connectivity index (χ3v) is 3.41. The minimum Gasteiger partial charge on any atom is -0.301 e. The molecule has 10 nitrogen and oxygen atoms in total. The van der Waals surface area contributed by atoms with Crippen LogP contribution in [0.5, 0.6) is 0 Å². The lowest BCUT2D eigenvalue weighted by molar-refractivity contribution is -0.384. The summed E-state index contributed by atoms with van der Waals surface area (Å²) in [4.78, 5) is 32.6. The molecule has 24 heavy (non-hydrogen) atoms. The summed E-state index contributed by atoms with van der Waals surface area (Å²) in [5.41, 5.74) is 2.89. The minimum absolute atomic E-state index is 0.0255. The van der Waals surface area contributed by atoms with Crippen molar-refractivity contribution in [2.24, 2.45) is 5.10 Å². The van der Waals surface area contributed by atoms with E-state index in [0.29, 0.717) is 15.7 Å². The van der Waals surface area contributed by atoms with Crippen LogP contribution in [0.4, 0.5) is 10.8 Å². The van der Waals surface area contributed by atoms with Crippen molar-refractivity contribution < 1.29 is 14.5 Å². The summed E-state index contributed by atoms with van der Waals surface area (Å²) >= 11 is 1.09. The summed E-state index contributed by atoms with van der Waals surface area (Å²) in [5.74, 6) is -0.673. The standard InChI is InChI=1S/C13H12N6O4S/c1-8(20)15-13-18-17-12(24-13)6-11(21)16-14-7-9-2-4-10(5-3-9)19(22)23/h2-5,7H,6H2,1H3,(H,16,21)(H,15,18,20)/b14-7-. The van der Waals surface area contributed by atoms with E-state index in [1.165, 1.54) is 37.4 Å². The van der Waals surface area contributed by atoms with Gasteiger partial charge in [0.25, 0.3) is 5.69 Å². The molecule has 1 aromatic heterocycles. The lowest BCUT2D eigenvalue weighted by atomic mass is 10.2. The van der Waals surface area contributed by atoms with Crippen molar-refractivity contribution in [3.8, 4) is 0 Å². The summed E-state index contributed by atoms with van der Waals surface area (Å²) in [6.07, 6.45) is 1.33. The number of anilines is 1. The molecule has 0 atom stereocenters. The molecule has 0 saturated heterocycles. The smallest absolute Gasteiger partial charge is 0.269 e. The van der Waals surface area contributed by atoms with Gasteiger partial charge in [0.05, 0.1) is 17.6 Å². The van der Waals surface area contributed by atoms with E-state index in [1.807, 2.05) is 0 Å². The van der Waals surface area contributed by atoms with Gasteiger partial charge < -0.3 is 5.32 Å². The Morgan fingerprint density at radius 3 is 2.67 bits per heavy atom. The maximum absolute atomic E-state index is 11.7. The zero-order valence-electron chi connectivity index (χ0n) is 12.4. The number of rotatable bonds is 6. The number of nitro groups is 1. The van der Waals surface area contributed by atoms with Gasteiger partial charge in [-0.25, -0.2) is 5.43 Å². The number of nitrogens with one attached hydrogen (secondary N) is 2. The third-order valence-electron chi connectivity index (χ3n) is 2.57. The van der Waals surface area contributed by atoms with Crippen LogP contribution in [0.25, 0.3) is 0 Å². The van der Waals surface area contributed by atoms with Crippen molar-refractivity contribution in [3.05, 3.63) is 45.0 Å². The van der Waals surface area contributed by atoms with E-state index in [-0.39, 0.29) is 18.0 Å². The number of hydrogen-bond donors (Lipinski definition) is 2. The van der Waals surface area contributed by atoms with Crippen LogP contribution in [0.2, 0.25) is 0 Å². The fraction of sp³-hybridized carbons (Fsp3) is 0.154. The number of hydrogen-bond acceptors (Lipinski definition) is 8. The second kappa shape index (κ2) is 7.87. The lowest BCUT2D eigenvalue weighted by Crippen LogP contribution is -2.19. The molecule has 0 radical (unpaired) electrons. The molecule has 0 aliphatic heterocycles. The number of non-ortho nitro benzene ring substituents is 1. The van der Waals surface area contributed by atoms with Crippen molar-refractivity contribution in [3.63, 3.8) is 0 Å². The monoisotopic (exact) mass is 348 g/mol. The number of amides is 2. The number of nitrogens with zero attached hydrogens (tertiary/aromatic N) is 4. The van der Waals surface area contributed by atoms with E-state index < -0.39 is 10.8 Å². The first kappa shape index (κ1) is 17.1. The number of carbonyl (C=O) groups is 2. The molecule has 0 saturated carbocycles. The molecule has 1 heterocycles. The first-order valence-corrected chi connectivity index (χ1v) is 7.42. The van der Waals surface area contributed by atoms with Gasteiger partial charge in [0, 0.05) is 19.1 Å². The quantitative estimate of drug-likeness (QED) is 0.455. The number of carbonyl (C=O) groups excluding carboxylic acids is 2. The molecule has 2 aromatic rings. The summed E-state index contributed by atoms with van der Waals surface area (Å²) in [5, 5.41) is 25.0. The highest BCUT2D eigenvalue weighted by molar-refractivity contribution is 7.15. The Balaban J connectivity index is 1.85. The van der Waals surface area contributed by atoms with Gasteiger partial charge in [0.2, 0.25) is 16.9 Å². The molecular formula is C13H12N6O4S. The summed E-state index contributed by atoms with van der Waals surface area (Å²) in [6, 6.07) is 5.71. The number of hydrazone groups is 1. The molecule has 0 aliphatic rings. The van der Waals surface area contributed by atoms with Crippen LogP contribution in [-0.2, 0) is 16.0 Å². The van der Waals surface area contributed by atoms with Gasteiger partial charge in [0.15, 0.2) is 0 Å². The van der Waals surface area contributed by atoms with Gasteiger partial charge in [0.1, 0.15) is 5.01 Å². The molecule has 2 rings (SSSR count). The normalized spacial score (nSPS) is 10.5. The first-order chi connectivity index (χ1) is 11.4. The Morgan fingerprint density at radius 1 is 1.33 bits per heavy atom. The molecule has 11 heteroatoms. The lowest BCUT2D eigenvalue weighted by Gasteiger charge is -1.96. The average molecular weight is 348 g/mol. The largest absolute Gasteiger partial charge is 0.301 e. The molecule has 0 spiro atoms. The molecule has 2 amide bonds. The second-order valence-corrected chi connectivity index (χ2v) is 5.56. The number of aromatic nitrogens is 2. The SMILES string of the molecule is CC(=O)Nc1nnc(CC(=O)N/N=C\c2ccc([N+](=O)[O-])cc2)s1. The van der Waals surface area contributed by atoms with E-state index in [4.69, 9.17) is 0 Å². The predicted molar refractivity (Wildman–Crippen MR) is 86.7 cm³/mol. The molecule has 0 unspecified atom stereocenters. The zero-order chi connectivity index (χ0) is 17.5. The summed E-state index contributed by atoms with van der Waals surface area (Å²) in [7, 11) is 0. The fourth-order valence-electron chi connectivity index (χ4n) is 1.56. The Labute approximate surface area is 139 Å². The number of benzene rings is 1. The Bertz CT molecular complexity index is 786. The summed E-state index contributed by atoms with van der Waals surface area (Å²) < 4.78 is 0. The van der Waals surface area contributed by atoms with Crippen molar-refractivity contribution in [1.29, 1.82) is 0 Å². The van der Waals surface area contributed by atoms with Crippen LogP contribution in [-0.4, -0.2) is 33.1 Å². The van der Waals surface area contributed by atoms with Gasteiger partial charge >= 0.3 is 0 Å². The van der Waals surface area contributed by atoms with E-state index in [0.717, 1.165) is 11.3 Å². The average Bonchev–Trinajstić information content (AvgIpc) is 2.93. The van der Waals surface area contributed by atoms with Crippen LogP contribution in [0.15, 0.2) is 29.4 Å². The first-order valence-electron chi connectivity index (χ1n) is 6.60. The fourth-order valence-corrected chi connectivity index (χ4v) is 2.35. The van der Waals surface area contributed by atoms with E-state index >= 15 is 0 Å². The molecular weight excluding hydrogens is 336 g/mol. The molecule has 0 bridgehead atoms. The molecule has 0 fully saturated rings. The van der Waals surface area contributed by atoms with Crippen molar-refractivity contribution in [1.82, 2.24) is 15.6 Å². The van der Waals surface area contributed by atoms with Crippen LogP contribution in [0.3, 0.4) is 0 Å². The van der Waals surface area contributed by atoms with Crippen LogP contribution < -0.4 is 10.7 Å². The number of nitro benzene ring substituents is 1. The Morgan fingerprint density at radius 2 is 2.04 bits per heavy atom. The van der Waals surface area contributed by atoms with Gasteiger partial charge in [-0.2, -0.15) is 5.10 Å².